The quantitative estimate of drug-likeness (QED) is 0.732. The molecular formula is C7H15OTa-. The summed E-state index contributed by atoms with van der Waals surface area (Å²) in [5, 5.41) is 0. The summed E-state index contributed by atoms with van der Waals surface area (Å²) in [4.78, 5) is 0. The molecule has 0 aromatic heterocycles. The fourth-order valence-corrected chi connectivity index (χ4v) is 0.750. The first kappa shape index (κ1) is 12.2. The van der Waals surface area contributed by atoms with E-state index in [4.69, 9.17) is 3.25 Å². The third-order valence-corrected chi connectivity index (χ3v) is 1.50. The molecule has 0 bridgehead atoms. The van der Waals surface area contributed by atoms with Crippen molar-refractivity contribution in [2.24, 2.45) is 0 Å². The van der Waals surface area contributed by atoms with Crippen LogP contribution in [0.5, 0.6) is 0 Å². The summed E-state index contributed by atoms with van der Waals surface area (Å²) in [6.45, 7) is 6.67. The van der Waals surface area contributed by atoms with Crippen molar-refractivity contribution in [3.63, 3.8) is 0 Å². The van der Waals surface area contributed by atoms with Crippen molar-refractivity contribution in [3.8, 4) is 0 Å². The minimum atomic E-state index is 0.194. The molecule has 2 heteroatoms. The van der Waals surface area contributed by atoms with Crippen LogP contribution in [0, 0.1) is 5.92 Å². The molecule has 0 rings (SSSR count). The second-order valence-corrected chi connectivity index (χ2v) is 1.81. The third kappa shape index (κ3) is 8.54. The van der Waals surface area contributed by atoms with Crippen molar-refractivity contribution in [1.29, 1.82) is 0 Å². The monoisotopic (exact) mass is 296 g/mol. The normalized spacial score (nSPS) is 8.33. The molecule has 0 aliphatic carbocycles. The first-order valence-electron chi connectivity index (χ1n) is 3.36. The maximum absolute atomic E-state index is 8.36. The molecular weight excluding hydrogens is 281 g/mol. The van der Waals surface area contributed by atoms with E-state index in [9.17, 15) is 0 Å². The molecule has 0 aliphatic heterocycles. The van der Waals surface area contributed by atoms with Gasteiger partial charge >= 0.3 is 24.3 Å². The Hall–Kier alpha value is 0.540. The topological polar surface area (TPSA) is 17.1 Å². The summed E-state index contributed by atoms with van der Waals surface area (Å²) >= 11 is 0.194. The Morgan fingerprint density at radius 2 is 1.22 bits per heavy atom. The summed E-state index contributed by atoms with van der Waals surface area (Å²) in [6.07, 6.45) is 3.81. The van der Waals surface area contributed by atoms with E-state index in [0.29, 0.717) is 0 Å². The molecule has 0 unspecified atom stereocenters. The van der Waals surface area contributed by atoms with Crippen LogP contribution in [-0.2, 0) is 24.3 Å². The summed E-state index contributed by atoms with van der Waals surface area (Å²) in [5.41, 5.74) is 0. The van der Waals surface area contributed by atoms with E-state index in [2.05, 4.69) is 20.8 Å². The van der Waals surface area contributed by atoms with Crippen molar-refractivity contribution < 1.29 is 24.3 Å². The second kappa shape index (κ2) is 11.4. The van der Waals surface area contributed by atoms with Gasteiger partial charge in [0, 0.05) is 0 Å². The average molecular weight is 296 g/mol. The van der Waals surface area contributed by atoms with Gasteiger partial charge < -0.3 is 5.92 Å². The van der Waals surface area contributed by atoms with E-state index in [-0.39, 0.29) is 21.0 Å². The zero-order valence-electron chi connectivity index (χ0n) is 6.48. The first-order chi connectivity index (χ1) is 4.35. The summed E-state index contributed by atoms with van der Waals surface area (Å²) in [7, 11) is 0. The summed E-state index contributed by atoms with van der Waals surface area (Å²) < 4.78 is 8.36. The predicted molar refractivity (Wildman–Crippen MR) is 34.8 cm³/mol. The number of hydrogen-bond donors (Lipinski definition) is 0. The molecule has 0 aliphatic rings. The van der Waals surface area contributed by atoms with Crippen LogP contribution in [0.4, 0.5) is 0 Å². The van der Waals surface area contributed by atoms with Crippen molar-refractivity contribution in [2.45, 2.75) is 40.0 Å². The molecule has 0 N–H and O–H groups in total. The number of hydrogen-bond acceptors (Lipinski definition) is 1. The van der Waals surface area contributed by atoms with Crippen LogP contribution in [0.3, 0.4) is 0 Å². The van der Waals surface area contributed by atoms with E-state index in [1.807, 2.05) is 0 Å². The molecule has 0 radical (unpaired) electrons. The van der Waals surface area contributed by atoms with E-state index in [0.717, 1.165) is 0 Å². The van der Waals surface area contributed by atoms with Gasteiger partial charge in [0.15, 0.2) is 0 Å². The van der Waals surface area contributed by atoms with Crippen LogP contribution in [0.2, 0.25) is 0 Å². The van der Waals surface area contributed by atoms with Crippen LogP contribution in [0.15, 0.2) is 0 Å². The Morgan fingerprint density at radius 3 is 1.22 bits per heavy atom. The molecule has 0 saturated carbocycles. The van der Waals surface area contributed by atoms with Gasteiger partial charge in [0.1, 0.15) is 0 Å². The minimum absolute atomic E-state index is 0.194. The predicted octanol–water partition coefficient (Wildman–Crippen LogP) is 2.67. The molecule has 0 amide bonds. The Bertz CT molecular complexity index is 38.7. The van der Waals surface area contributed by atoms with Gasteiger partial charge in [-0.15, -0.1) is 0 Å². The van der Waals surface area contributed by atoms with Gasteiger partial charge in [-0.2, -0.15) is 19.3 Å². The maximum atomic E-state index is 8.36. The molecule has 55 valence electrons. The third-order valence-electron chi connectivity index (χ3n) is 1.50. The van der Waals surface area contributed by atoms with E-state index >= 15 is 0 Å². The van der Waals surface area contributed by atoms with Crippen molar-refractivity contribution in [2.75, 3.05) is 0 Å². The molecule has 0 heterocycles. The van der Waals surface area contributed by atoms with Crippen LogP contribution in [0.25, 0.3) is 0 Å². The van der Waals surface area contributed by atoms with Gasteiger partial charge in [0.05, 0.1) is 0 Å². The second-order valence-electron chi connectivity index (χ2n) is 1.81. The Morgan fingerprint density at radius 1 is 1.00 bits per heavy atom. The van der Waals surface area contributed by atoms with Gasteiger partial charge in [-0.3, -0.25) is 0 Å². The summed E-state index contributed by atoms with van der Waals surface area (Å²) in [6, 6.07) is 0. The SMILES string of the molecule is CC[C-](CC)CC.[O]=[Ta]. The molecule has 0 fully saturated rings. The molecule has 1 nitrogen and oxygen atoms in total. The van der Waals surface area contributed by atoms with Gasteiger partial charge in [0.2, 0.25) is 0 Å². The molecule has 0 atom stereocenters. The molecule has 0 aromatic rings. The molecule has 0 saturated heterocycles. The van der Waals surface area contributed by atoms with Crippen molar-refractivity contribution >= 4 is 0 Å². The van der Waals surface area contributed by atoms with Gasteiger partial charge in [-0.25, -0.2) is 0 Å². The Kier molecular flexibility index (Phi) is 15.4. The van der Waals surface area contributed by atoms with E-state index < -0.39 is 0 Å². The zero-order chi connectivity index (χ0) is 7.70. The van der Waals surface area contributed by atoms with Crippen LogP contribution < -0.4 is 0 Å². The van der Waals surface area contributed by atoms with Crippen molar-refractivity contribution in [1.82, 2.24) is 0 Å². The Labute approximate surface area is 70.5 Å². The van der Waals surface area contributed by atoms with Crippen molar-refractivity contribution in [3.05, 3.63) is 5.92 Å². The zero-order valence-corrected chi connectivity index (χ0v) is 9.69. The standard InChI is InChI=1S/C7H15.O.Ta/c1-4-7(5-2)6-3;;/h4-6H2,1-3H3;;/q-1;;. The van der Waals surface area contributed by atoms with Gasteiger partial charge in [-0.1, -0.05) is 20.8 Å². The van der Waals surface area contributed by atoms with Gasteiger partial charge in [0.25, 0.3) is 0 Å². The van der Waals surface area contributed by atoms with E-state index in [1.165, 1.54) is 19.3 Å². The van der Waals surface area contributed by atoms with Crippen LogP contribution in [0.1, 0.15) is 40.0 Å². The van der Waals surface area contributed by atoms with Gasteiger partial charge in [-0.05, 0) is 0 Å². The fourth-order valence-electron chi connectivity index (χ4n) is 0.750. The Balaban J connectivity index is 0. The average Bonchev–Trinajstić information content (AvgIpc) is 1.96. The fraction of sp³-hybridized carbons (Fsp3) is 0.857. The van der Waals surface area contributed by atoms with E-state index in [1.54, 1.807) is 5.92 Å². The molecule has 0 spiro atoms. The summed E-state index contributed by atoms with van der Waals surface area (Å²) in [5.74, 6) is 1.68. The van der Waals surface area contributed by atoms with Crippen LogP contribution in [-0.4, -0.2) is 0 Å². The molecule has 9 heavy (non-hydrogen) atoms. The first-order valence-corrected chi connectivity index (χ1v) is 4.68. The van der Waals surface area contributed by atoms with Crippen LogP contribution >= 0.6 is 0 Å². The number of rotatable bonds is 3. The molecule has 0 aromatic carbocycles.